The molecule has 0 saturated heterocycles. The summed E-state index contributed by atoms with van der Waals surface area (Å²) in [6.45, 7) is 3.57. The first-order valence-corrected chi connectivity index (χ1v) is 11.4. The molecule has 1 aromatic carbocycles. The summed E-state index contributed by atoms with van der Waals surface area (Å²) >= 11 is 0. The van der Waals surface area contributed by atoms with E-state index in [0.29, 0.717) is 37.1 Å². The molecule has 27 heavy (non-hydrogen) atoms. The van der Waals surface area contributed by atoms with Crippen LogP contribution < -0.4 is 10.0 Å². The molecule has 2 saturated carbocycles. The van der Waals surface area contributed by atoms with E-state index in [1.165, 1.54) is 31.4 Å². The number of amides is 1. The Balaban J connectivity index is 1.47. The molecule has 0 bridgehead atoms. The van der Waals surface area contributed by atoms with Crippen LogP contribution in [0, 0.1) is 11.8 Å². The van der Waals surface area contributed by atoms with Crippen molar-refractivity contribution < 1.29 is 17.9 Å². The maximum atomic E-state index is 12.3. The highest BCUT2D eigenvalue weighted by Gasteiger charge is 2.25. The van der Waals surface area contributed by atoms with Gasteiger partial charge >= 0.3 is 0 Å². The van der Waals surface area contributed by atoms with Crippen LogP contribution in [0.5, 0.6) is 0 Å². The minimum absolute atomic E-state index is 0.128. The lowest BCUT2D eigenvalue weighted by Gasteiger charge is -2.28. The largest absolute Gasteiger partial charge is 0.376 e. The molecule has 1 amide bonds. The van der Waals surface area contributed by atoms with Gasteiger partial charge in [0.2, 0.25) is 10.0 Å². The van der Waals surface area contributed by atoms with Gasteiger partial charge in [0.15, 0.2) is 0 Å². The van der Waals surface area contributed by atoms with E-state index in [1.807, 2.05) is 0 Å². The molecule has 0 spiro atoms. The Kier molecular flexibility index (Phi) is 6.89. The smallest absolute Gasteiger partial charge is 0.251 e. The molecule has 0 heterocycles. The molecular formula is C20H30N2O4S. The minimum Gasteiger partial charge on any atom is -0.376 e. The minimum atomic E-state index is -3.57. The third-order valence-electron chi connectivity index (χ3n) is 5.42. The summed E-state index contributed by atoms with van der Waals surface area (Å²) in [7, 11) is -3.57. The highest BCUT2D eigenvalue weighted by atomic mass is 32.2. The van der Waals surface area contributed by atoms with Crippen LogP contribution in [-0.2, 0) is 14.8 Å². The Morgan fingerprint density at radius 3 is 2.70 bits per heavy atom. The monoisotopic (exact) mass is 394 g/mol. The Bertz CT molecular complexity index is 746. The van der Waals surface area contributed by atoms with E-state index in [4.69, 9.17) is 4.74 Å². The molecule has 2 N–H and O–H groups in total. The standard InChI is InChI=1S/C20H30N2O4S/c1-15-5-2-3-8-19(15)26-12-11-21-20(23)17-6-4-7-18(13-17)27(24,25)22-14-16-9-10-16/h4,6-7,13,15-16,19,22H,2-3,5,8-12,14H2,1H3,(H,21,23)/t15-,19+/m1/s1. The molecule has 0 radical (unpaired) electrons. The predicted octanol–water partition coefficient (Wildman–Crippen LogP) is 2.70. The molecule has 2 aliphatic rings. The number of ether oxygens (including phenoxy) is 1. The van der Waals surface area contributed by atoms with Crippen molar-refractivity contribution in [3.63, 3.8) is 0 Å². The summed E-state index contributed by atoms with van der Waals surface area (Å²) in [6, 6.07) is 6.16. The van der Waals surface area contributed by atoms with Gasteiger partial charge in [-0.15, -0.1) is 0 Å². The molecule has 2 atom stereocenters. The number of sulfonamides is 1. The number of benzene rings is 1. The van der Waals surface area contributed by atoms with Crippen molar-refractivity contribution >= 4 is 15.9 Å². The second-order valence-electron chi connectivity index (χ2n) is 7.75. The number of nitrogens with one attached hydrogen (secondary N) is 2. The summed E-state index contributed by atoms with van der Waals surface area (Å²) in [5.74, 6) is 0.743. The van der Waals surface area contributed by atoms with Crippen molar-refractivity contribution in [3.05, 3.63) is 29.8 Å². The van der Waals surface area contributed by atoms with Gasteiger partial charge in [0.25, 0.3) is 5.91 Å². The van der Waals surface area contributed by atoms with Crippen LogP contribution in [0.25, 0.3) is 0 Å². The highest BCUT2D eigenvalue weighted by Crippen LogP contribution is 2.28. The van der Waals surface area contributed by atoms with Gasteiger partial charge in [0, 0.05) is 18.7 Å². The number of hydrogen-bond acceptors (Lipinski definition) is 4. The third kappa shape index (κ3) is 6.02. The topological polar surface area (TPSA) is 84.5 Å². The summed E-state index contributed by atoms with van der Waals surface area (Å²) in [5.41, 5.74) is 0.343. The number of rotatable bonds is 9. The van der Waals surface area contributed by atoms with Gasteiger partial charge in [-0.1, -0.05) is 25.8 Å². The van der Waals surface area contributed by atoms with E-state index in [-0.39, 0.29) is 16.9 Å². The van der Waals surface area contributed by atoms with Crippen LogP contribution in [0.1, 0.15) is 55.8 Å². The van der Waals surface area contributed by atoms with Gasteiger partial charge in [-0.25, -0.2) is 13.1 Å². The molecule has 1 aromatic rings. The van der Waals surface area contributed by atoms with Crippen molar-refractivity contribution in [2.45, 2.75) is 56.4 Å². The molecule has 0 aliphatic heterocycles. The first kappa shape index (κ1) is 20.3. The Morgan fingerprint density at radius 1 is 1.19 bits per heavy atom. The molecule has 0 aromatic heterocycles. The van der Waals surface area contributed by atoms with Crippen LogP contribution in [0.2, 0.25) is 0 Å². The molecule has 3 rings (SSSR count). The van der Waals surface area contributed by atoms with Crippen LogP contribution in [0.15, 0.2) is 29.2 Å². The van der Waals surface area contributed by atoms with Gasteiger partial charge in [-0.05, 0) is 55.7 Å². The first-order valence-electron chi connectivity index (χ1n) is 9.95. The maximum absolute atomic E-state index is 12.3. The van der Waals surface area contributed by atoms with E-state index in [1.54, 1.807) is 12.1 Å². The van der Waals surface area contributed by atoms with E-state index in [9.17, 15) is 13.2 Å². The Hall–Kier alpha value is -1.44. The number of hydrogen-bond donors (Lipinski definition) is 2. The van der Waals surface area contributed by atoms with Crippen LogP contribution in [-0.4, -0.2) is 40.1 Å². The zero-order valence-corrected chi connectivity index (χ0v) is 16.8. The van der Waals surface area contributed by atoms with Crippen molar-refractivity contribution in [2.75, 3.05) is 19.7 Å². The normalized spacial score (nSPS) is 23.1. The summed E-state index contributed by atoms with van der Waals surface area (Å²) in [4.78, 5) is 12.5. The quantitative estimate of drug-likeness (QED) is 0.631. The van der Waals surface area contributed by atoms with Gasteiger partial charge in [0.1, 0.15) is 0 Å². The van der Waals surface area contributed by atoms with E-state index < -0.39 is 10.0 Å². The molecule has 6 nitrogen and oxygen atoms in total. The van der Waals surface area contributed by atoms with E-state index in [2.05, 4.69) is 17.0 Å². The summed E-state index contributed by atoms with van der Waals surface area (Å²) < 4.78 is 33.2. The number of carbonyl (C=O) groups excluding carboxylic acids is 1. The van der Waals surface area contributed by atoms with Crippen LogP contribution >= 0.6 is 0 Å². The lowest BCUT2D eigenvalue weighted by molar-refractivity contribution is -0.00293. The SMILES string of the molecule is C[C@@H]1CCCC[C@@H]1OCCNC(=O)c1cccc(S(=O)(=O)NCC2CC2)c1. The molecule has 150 valence electrons. The maximum Gasteiger partial charge on any atom is 0.251 e. The van der Waals surface area contributed by atoms with Gasteiger partial charge < -0.3 is 10.1 Å². The Labute approximate surface area is 162 Å². The lowest BCUT2D eigenvalue weighted by Crippen LogP contribution is -2.32. The first-order chi connectivity index (χ1) is 13.0. The average molecular weight is 395 g/mol. The zero-order chi connectivity index (χ0) is 19.3. The zero-order valence-electron chi connectivity index (χ0n) is 15.9. The fourth-order valence-corrected chi connectivity index (χ4v) is 4.61. The van der Waals surface area contributed by atoms with Crippen molar-refractivity contribution in [1.82, 2.24) is 10.0 Å². The second kappa shape index (κ2) is 9.17. The third-order valence-corrected chi connectivity index (χ3v) is 6.84. The molecule has 0 unspecified atom stereocenters. The summed E-state index contributed by atoms with van der Waals surface area (Å²) in [6.07, 6.45) is 7.20. The predicted molar refractivity (Wildman–Crippen MR) is 104 cm³/mol. The Morgan fingerprint density at radius 2 is 1.96 bits per heavy atom. The van der Waals surface area contributed by atoms with Gasteiger partial charge in [-0.3, -0.25) is 4.79 Å². The van der Waals surface area contributed by atoms with Crippen molar-refractivity contribution in [3.8, 4) is 0 Å². The molecular weight excluding hydrogens is 364 g/mol. The van der Waals surface area contributed by atoms with Crippen LogP contribution in [0.4, 0.5) is 0 Å². The second-order valence-corrected chi connectivity index (χ2v) is 9.52. The van der Waals surface area contributed by atoms with Crippen molar-refractivity contribution in [1.29, 1.82) is 0 Å². The highest BCUT2D eigenvalue weighted by molar-refractivity contribution is 7.89. The fourth-order valence-electron chi connectivity index (χ4n) is 3.44. The molecule has 7 heteroatoms. The molecule has 2 aliphatic carbocycles. The van der Waals surface area contributed by atoms with Gasteiger partial charge in [0.05, 0.1) is 17.6 Å². The summed E-state index contributed by atoms with van der Waals surface area (Å²) in [5, 5.41) is 2.81. The van der Waals surface area contributed by atoms with Gasteiger partial charge in [-0.2, -0.15) is 0 Å². The number of carbonyl (C=O) groups is 1. The average Bonchev–Trinajstić information content (AvgIpc) is 3.49. The van der Waals surface area contributed by atoms with Crippen LogP contribution in [0.3, 0.4) is 0 Å². The lowest BCUT2D eigenvalue weighted by atomic mass is 9.88. The van der Waals surface area contributed by atoms with E-state index >= 15 is 0 Å². The van der Waals surface area contributed by atoms with E-state index in [0.717, 1.165) is 19.3 Å². The fraction of sp³-hybridized carbons (Fsp3) is 0.650. The van der Waals surface area contributed by atoms with Crippen molar-refractivity contribution in [2.24, 2.45) is 11.8 Å². The molecule has 2 fully saturated rings.